The Bertz CT molecular complexity index is 835. The fourth-order valence-electron chi connectivity index (χ4n) is 2.16. The number of nitrogens with zero attached hydrogens (tertiary/aromatic N) is 2. The van der Waals surface area contributed by atoms with E-state index in [1.165, 1.54) is 24.3 Å². The van der Waals surface area contributed by atoms with Gasteiger partial charge in [-0.2, -0.15) is 10.1 Å². The fraction of sp³-hybridized carbons (Fsp3) is 0.111. The van der Waals surface area contributed by atoms with E-state index in [4.69, 9.17) is 0 Å². The lowest BCUT2D eigenvalue weighted by Gasteiger charge is -2.16. The Balaban J connectivity index is 1.92. The van der Waals surface area contributed by atoms with Gasteiger partial charge in [0.15, 0.2) is 0 Å². The van der Waals surface area contributed by atoms with Crippen LogP contribution in [0.1, 0.15) is 12.5 Å². The maximum Gasteiger partial charge on any atom is 0.298 e. The Morgan fingerprint density at radius 1 is 1.13 bits per heavy atom. The molecule has 0 fully saturated rings. The minimum Gasteiger partial charge on any atom is -0.365 e. The Hall–Kier alpha value is -2.97. The van der Waals surface area contributed by atoms with Crippen molar-refractivity contribution in [2.75, 3.05) is 5.01 Å². The molecule has 0 bridgehead atoms. The van der Waals surface area contributed by atoms with Crippen LogP contribution >= 0.6 is 0 Å². The molecule has 4 nitrogen and oxygen atoms in total. The molecular weight excluding hydrogens is 295 g/mol. The van der Waals surface area contributed by atoms with Crippen molar-refractivity contribution in [1.29, 1.82) is 0 Å². The zero-order valence-electron chi connectivity index (χ0n) is 12.3. The average molecular weight is 308 g/mol. The maximum atomic E-state index is 12.9. The van der Waals surface area contributed by atoms with Crippen molar-refractivity contribution in [1.82, 2.24) is 0 Å². The first-order valence-corrected chi connectivity index (χ1v) is 6.97. The largest absolute Gasteiger partial charge is 0.365 e. The normalized spacial score (nSPS) is 20.0. The Kier molecular flexibility index (Phi) is 3.68. The molecule has 5 heteroatoms. The van der Waals surface area contributed by atoms with E-state index in [1.807, 2.05) is 6.07 Å². The lowest BCUT2D eigenvalue weighted by Crippen LogP contribution is -2.44. The van der Waals surface area contributed by atoms with E-state index in [-0.39, 0.29) is 11.5 Å². The monoisotopic (exact) mass is 308 g/mol. The summed E-state index contributed by atoms with van der Waals surface area (Å²) in [5.41, 5.74) is -0.736. The first-order valence-electron chi connectivity index (χ1n) is 6.97. The highest BCUT2D eigenvalue weighted by atomic mass is 19.1. The highest BCUT2D eigenvalue weighted by Gasteiger charge is 2.47. The zero-order chi connectivity index (χ0) is 16.4. The lowest BCUT2D eigenvalue weighted by molar-refractivity contribution is -0.126. The van der Waals surface area contributed by atoms with Gasteiger partial charge in [0.05, 0.1) is 11.4 Å². The number of hydrogen-bond acceptors (Lipinski definition) is 3. The van der Waals surface area contributed by atoms with Crippen molar-refractivity contribution in [2.45, 2.75) is 12.5 Å². The molecule has 0 radical (unpaired) electrons. The molecule has 2 aromatic carbocycles. The van der Waals surface area contributed by atoms with E-state index in [1.54, 1.807) is 31.2 Å². The molecule has 0 aromatic heterocycles. The van der Waals surface area contributed by atoms with Gasteiger partial charge in [0, 0.05) is 5.56 Å². The smallest absolute Gasteiger partial charge is 0.298 e. The molecule has 0 aliphatic carbocycles. The van der Waals surface area contributed by atoms with Gasteiger partial charge in [-0.25, -0.2) is 4.39 Å². The van der Waals surface area contributed by atoms with Crippen molar-refractivity contribution in [3.63, 3.8) is 0 Å². The van der Waals surface area contributed by atoms with Gasteiger partial charge in [0.1, 0.15) is 5.82 Å². The Labute approximate surface area is 132 Å². The summed E-state index contributed by atoms with van der Waals surface area (Å²) in [5.74, 6) is 4.24. The van der Waals surface area contributed by atoms with E-state index < -0.39 is 11.5 Å². The predicted octanol–water partition coefficient (Wildman–Crippen LogP) is 2.33. The highest BCUT2D eigenvalue weighted by molar-refractivity contribution is 6.23. The van der Waals surface area contributed by atoms with Crippen LogP contribution in [0.3, 0.4) is 0 Å². The minimum atomic E-state index is -1.98. The summed E-state index contributed by atoms with van der Waals surface area (Å²) in [6.07, 6.45) is 0. The number of benzene rings is 2. The first-order chi connectivity index (χ1) is 11.0. The van der Waals surface area contributed by atoms with Crippen LogP contribution in [0.2, 0.25) is 0 Å². The molecule has 1 atom stereocenters. The molecule has 23 heavy (non-hydrogen) atoms. The van der Waals surface area contributed by atoms with E-state index in [0.29, 0.717) is 11.3 Å². The summed E-state index contributed by atoms with van der Waals surface area (Å²) >= 11 is 0. The van der Waals surface area contributed by atoms with Crippen LogP contribution in [0, 0.1) is 17.7 Å². The highest BCUT2D eigenvalue weighted by Crippen LogP contribution is 2.26. The van der Waals surface area contributed by atoms with Crippen LogP contribution in [-0.4, -0.2) is 22.3 Å². The number of anilines is 1. The molecule has 1 unspecified atom stereocenters. The lowest BCUT2D eigenvalue weighted by atomic mass is 9.98. The molecule has 2 aromatic rings. The number of carbonyl (C=O) groups excluding carboxylic acids is 1. The number of aliphatic hydroxyl groups is 1. The van der Waals surface area contributed by atoms with Crippen molar-refractivity contribution in [3.05, 3.63) is 66.0 Å². The van der Waals surface area contributed by atoms with Gasteiger partial charge in [0.25, 0.3) is 5.91 Å². The van der Waals surface area contributed by atoms with Crippen molar-refractivity contribution < 1.29 is 14.3 Å². The van der Waals surface area contributed by atoms with Crippen LogP contribution in [-0.2, 0) is 4.79 Å². The van der Waals surface area contributed by atoms with Crippen molar-refractivity contribution in [2.24, 2.45) is 5.10 Å². The number of hydrazone groups is 1. The molecule has 114 valence electrons. The third-order valence-corrected chi connectivity index (χ3v) is 3.51. The summed E-state index contributed by atoms with van der Waals surface area (Å²) in [7, 11) is 0. The van der Waals surface area contributed by atoms with Crippen LogP contribution in [0.15, 0.2) is 59.7 Å². The quantitative estimate of drug-likeness (QED) is 0.822. The summed E-state index contributed by atoms with van der Waals surface area (Å²) < 4.78 is 12.9. The first kappa shape index (κ1) is 14.9. The van der Waals surface area contributed by atoms with Gasteiger partial charge < -0.3 is 5.11 Å². The van der Waals surface area contributed by atoms with Gasteiger partial charge >= 0.3 is 0 Å². The SMILES string of the molecule is CC1=NN(c2ccccc2)C(=O)C1(O)C#Cc1ccc(F)cc1. The van der Waals surface area contributed by atoms with Gasteiger partial charge in [-0.1, -0.05) is 24.1 Å². The van der Waals surface area contributed by atoms with E-state index in [9.17, 15) is 14.3 Å². The van der Waals surface area contributed by atoms with E-state index in [2.05, 4.69) is 16.9 Å². The number of rotatable bonds is 1. The standard InChI is InChI=1S/C18H13FN2O2/c1-13-18(23,12-11-14-7-9-15(19)10-8-14)17(22)21(20-13)16-5-3-2-4-6-16/h2-10,23H,1H3. The van der Waals surface area contributed by atoms with E-state index in [0.717, 1.165) is 5.01 Å². The predicted molar refractivity (Wildman–Crippen MR) is 85.3 cm³/mol. The van der Waals surface area contributed by atoms with Crippen LogP contribution in [0.4, 0.5) is 10.1 Å². The number of halogens is 1. The average Bonchev–Trinajstić information content (AvgIpc) is 2.80. The number of amides is 1. The second kappa shape index (κ2) is 5.67. The third-order valence-electron chi connectivity index (χ3n) is 3.51. The molecule has 0 saturated heterocycles. The fourth-order valence-corrected chi connectivity index (χ4v) is 2.16. The third kappa shape index (κ3) is 2.72. The van der Waals surface area contributed by atoms with Gasteiger partial charge in [-0.05, 0) is 49.2 Å². The maximum absolute atomic E-state index is 12.9. The summed E-state index contributed by atoms with van der Waals surface area (Å²) in [6, 6.07) is 14.3. The molecule has 0 spiro atoms. The van der Waals surface area contributed by atoms with Crippen molar-refractivity contribution >= 4 is 17.3 Å². The summed E-state index contributed by atoms with van der Waals surface area (Å²) in [5, 5.41) is 15.8. The molecular formula is C18H13FN2O2. The molecule has 1 aliphatic heterocycles. The van der Waals surface area contributed by atoms with Gasteiger partial charge in [0.2, 0.25) is 5.60 Å². The molecule has 1 amide bonds. The molecule has 1 aliphatic rings. The van der Waals surface area contributed by atoms with Crippen LogP contribution in [0.25, 0.3) is 0 Å². The second-order valence-electron chi connectivity index (χ2n) is 5.11. The van der Waals surface area contributed by atoms with Crippen molar-refractivity contribution in [3.8, 4) is 11.8 Å². The summed E-state index contributed by atoms with van der Waals surface area (Å²) in [4.78, 5) is 12.5. The molecule has 3 rings (SSSR count). The number of carbonyl (C=O) groups is 1. The van der Waals surface area contributed by atoms with Crippen LogP contribution < -0.4 is 5.01 Å². The number of hydrogen-bond donors (Lipinski definition) is 1. The van der Waals surface area contributed by atoms with E-state index >= 15 is 0 Å². The van der Waals surface area contributed by atoms with Gasteiger partial charge in [-0.3, -0.25) is 4.79 Å². The Morgan fingerprint density at radius 2 is 1.78 bits per heavy atom. The minimum absolute atomic E-state index is 0.195. The second-order valence-corrected chi connectivity index (χ2v) is 5.11. The molecule has 1 heterocycles. The Morgan fingerprint density at radius 3 is 2.43 bits per heavy atom. The number of para-hydroxylation sites is 1. The summed E-state index contributed by atoms with van der Waals surface area (Å²) in [6.45, 7) is 1.54. The zero-order valence-corrected chi connectivity index (χ0v) is 12.3. The molecule has 1 N–H and O–H groups in total. The van der Waals surface area contributed by atoms with Crippen LogP contribution in [0.5, 0.6) is 0 Å². The molecule has 0 saturated carbocycles. The topological polar surface area (TPSA) is 52.9 Å². The van der Waals surface area contributed by atoms with Gasteiger partial charge in [-0.15, -0.1) is 0 Å².